The highest BCUT2D eigenvalue weighted by molar-refractivity contribution is 5.91. The van der Waals surface area contributed by atoms with E-state index in [2.05, 4.69) is 15.5 Å². The van der Waals surface area contributed by atoms with Crippen LogP contribution in [0.5, 0.6) is 0 Å². The first-order valence-corrected chi connectivity index (χ1v) is 7.28. The maximum atomic E-state index is 11.8. The molecule has 0 spiro atoms. The largest absolute Gasteiger partial charge is 0.399 e. The number of nitrogen functional groups attached to an aromatic ring is 1. The van der Waals surface area contributed by atoms with Gasteiger partial charge in [-0.1, -0.05) is 6.07 Å². The van der Waals surface area contributed by atoms with E-state index in [9.17, 15) is 9.59 Å². The molecule has 0 unspecified atom stereocenters. The van der Waals surface area contributed by atoms with Crippen LogP contribution in [-0.2, 0) is 9.59 Å². The summed E-state index contributed by atoms with van der Waals surface area (Å²) in [5, 5.41) is 5.68. The molecule has 0 atom stereocenters. The van der Waals surface area contributed by atoms with Crippen molar-refractivity contribution in [2.45, 2.75) is 19.3 Å². The lowest BCUT2D eigenvalue weighted by atomic mass is 10.2. The van der Waals surface area contributed by atoms with Crippen molar-refractivity contribution >= 4 is 23.2 Å². The van der Waals surface area contributed by atoms with Crippen LogP contribution < -0.4 is 16.4 Å². The highest BCUT2D eigenvalue weighted by Gasteiger charge is 2.13. The molecule has 1 aromatic carbocycles. The zero-order valence-corrected chi connectivity index (χ0v) is 12.1. The lowest BCUT2D eigenvalue weighted by molar-refractivity contribution is -0.120. The van der Waals surface area contributed by atoms with Crippen LogP contribution >= 0.6 is 0 Å². The molecule has 2 amide bonds. The third-order valence-electron chi connectivity index (χ3n) is 3.45. The van der Waals surface area contributed by atoms with Crippen LogP contribution in [0.15, 0.2) is 24.3 Å². The van der Waals surface area contributed by atoms with E-state index < -0.39 is 0 Å². The molecule has 6 heteroatoms. The average Bonchev–Trinajstić information content (AvgIpc) is 2.64. The molecule has 0 aromatic heterocycles. The SMILES string of the molecule is Nc1cccc(NC(=O)CCCN2CCNC(=O)CC2)c1. The number of nitrogens with one attached hydrogen (secondary N) is 2. The molecule has 4 N–H and O–H groups in total. The minimum Gasteiger partial charge on any atom is -0.399 e. The summed E-state index contributed by atoms with van der Waals surface area (Å²) in [6.07, 6.45) is 1.78. The van der Waals surface area contributed by atoms with Gasteiger partial charge in [0.15, 0.2) is 0 Å². The van der Waals surface area contributed by atoms with Gasteiger partial charge in [0.2, 0.25) is 11.8 Å². The summed E-state index contributed by atoms with van der Waals surface area (Å²) in [6, 6.07) is 7.15. The van der Waals surface area contributed by atoms with E-state index in [0.29, 0.717) is 25.1 Å². The number of anilines is 2. The van der Waals surface area contributed by atoms with Crippen LogP contribution in [0.2, 0.25) is 0 Å². The van der Waals surface area contributed by atoms with Gasteiger partial charge in [0.05, 0.1) is 0 Å². The summed E-state index contributed by atoms with van der Waals surface area (Å²) in [7, 11) is 0. The first kappa shape index (κ1) is 15.3. The zero-order valence-electron chi connectivity index (χ0n) is 12.1. The maximum absolute atomic E-state index is 11.8. The van der Waals surface area contributed by atoms with Gasteiger partial charge in [-0.25, -0.2) is 0 Å². The second-order valence-corrected chi connectivity index (χ2v) is 5.22. The molecule has 1 saturated heterocycles. The van der Waals surface area contributed by atoms with Crippen LogP contribution in [0.4, 0.5) is 11.4 Å². The van der Waals surface area contributed by atoms with E-state index in [0.717, 1.165) is 31.7 Å². The van der Waals surface area contributed by atoms with Gasteiger partial charge >= 0.3 is 0 Å². The normalized spacial score (nSPS) is 16.1. The molecule has 21 heavy (non-hydrogen) atoms. The van der Waals surface area contributed by atoms with Gasteiger partial charge in [-0.3, -0.25) is 9.59 Å². The summed E-state index contributed by atoms with van der Waals surface area (Å²) in [4.78, 5) is 25.3. The number of hydrogen-bond donors (Lipinski definition) is 3. The Balaban J connectivity index is 1.68. The maximum Gasteiger partial charge on any atom is 0.224 e. The average molecular weight is 290 g/mol. The number of benzene rings is 1. The molecule has 2 rings (SSSR count). The molecule has 0 saturated carbocycles. The molecule has 0 radical (unpaired) electrons. The Morgan fingerprint density at radius 1 is 1.38 bits per heavy atom. The summed E-state index contributed by atoms with van der Waals surface area (Å²) in [6.45, 7) is 3.14. The first-order valence-electron chi connectivity index (χ1n) is 7.28. The van der Waals surface area contributed by atoms with E-state index in [1.807, 2.05) is 12.1 Å². The Bertz CT molecular complexity index is 504. The molecule has 0 aliphatic carbocycles. The predicted molar refractivity (Wildman–Crippen MR) is 82.8 cm³/mol. The van der Waals surface area contributed by atoms with Crippen molar-refractivity contribution in [3.8, 4) is 0 Å². The fourth-order valence-corrected chi connectivity index (χ4v) is 2.34. The van der Waals surface area contributed by atoms with Crippen LogP contribution in [0.3, 0.4) is 0 Å². The van der Waals surface area contributed by atoms with Crippen molar-refractivity contribution in [1.29, 1.82) is 0 Å². The van der Waals surface area contributed by atoms with Crippen molar-refractivity contribution in [2.75, 3.05) is 37.2 Å². The van der Waals surface area contributed by atoms with Crippen molar-refractivity contribution in [2.24, 2.45) is 0 Å². The summed E-state index contributed by atoms with van der Waals surface area (Å²) < 4.78 is 0. The van der Waals surface area contributed by atoms with Crippen LogP contribution in [0, 0.1) is 0 Å². The Morgan fingerprint density at radius 2 is 2.24 bits per heavy atom. The molecule has 1 heterocycles. The van der Waals surface area contributed by atoms with Gasteiger partial charge in [0.25, 0.3) is 0 Å². The summed E-state index contributed by atoms with van der Waals surface area (Å²) in [5.74, 6) is 0.0986. The van der Waals surface area contributed by atoms with Crippen LogP contribution in [0.25, 0.3) is 0 Å². The Morgan fingerprint density at radius 3 is 3.05 bits per heavy atom. The highest BCUT2D eigenvalue weighted by atomic mass is 16.2. The number of amides is 2. The molecule has 6 nitrogen and oxygen atoms in total. The Hall–Kier alpha value is -2.08. The van der Waals surface area contributed by atoms with E-state index >= 15 is 0 Å². The van der Waals surface area contributed by atoms with E-state index in [1.54, 1.807) is 12.1 Å². The monoisotopic (exact) mass is 290 g/mol. The third kappa shape index (κ3) is 5.43. The Labute approximate surface area is 124 Å². The molecule has 1 aliphatic heterocycles. The van der Waals surface area contributed by atoms with E-state index in [-0.39, 0.29) is 11.8 Å². The van der Waals surface area contributed by atoms with Crippen LogP contribution in [0.1, 0.15) is 19.3 Å². The van der Waals surface area contributed by atoms with Gasteiger partial charge in [-0.15, -0.1) is 0 Å². The fourth-order valence-electron chi connectivity index (χ4n) is 2.34. The first-order chi connectivity index (χ1) is 10.1. The van der Waals surface area contributed by atoms with Gasteiger partial charge < -0.3 is 21.3 Å². The van der Waals surface area contributed by atoms with Crippen molar-refractivity contribution in [3.05, 3.63) is 24.3 Å². The van der Waals surface area contributed by atoms with Crippen LogP contribution in [-0.4, -0.2) is 42.9 Å². The van der Waals surface area contributed by atoms with Crippen molar-refractivity contribution in [1.82, 2.24) is 10.2 Å². The minimum absolute atomic E-state index is 0.00961. The molecular weight excluding hydrogens is 268 g/mol. The molecule has 1 aliphatic rings. The van der Waals surface area contributed by atoms with E-state index in [1.165, 1.54) is 0 Å². The number of carbonyl (C=O) groups is 2. The number of nitrogens with zero attached hydrogens (tertiary/aromatic N) is 1. The van der Waals surface area contributed by atoms with E-state index in [4.69, 9.17) is 5.73 Å². The Kier molecular flexibility index (Phi) is 5.57. The lowest BCUT2D eigenvalue weighted by Crippen LogP contribution is -2.29. The quantitative estimate of drug-likeness (QED) is 0.700. The third-order valence-corrected chi connectivity index (χ3v) is 3.45. The number of nitrogens with two attached hydrogens (primary N) is 1. The fraction of sp³-hybridized carbons (Fsp3) is 0.467. The van der Waals surface area contributed by atoms with Crippen molar-refractivity contribution in [3.63, 3.8) is 0 Å². The molecule has 1 aromatic rings. The van der Waals surface area contributed by atoms with Gasteiger partial charge in [0, 0.05) is 43.9 Å². The molecule has 0 bridgehead atoms. The molecular formula is C15H22N4O2. The number of rotatable bonds is 5. The second kappa shape index (κ2) is 7.64. The standard InChI is InChI=1S/C15H22N4O2/c16-12-3-1-4-13(11-12)18-15(21)5-2-8-19-9-6-14(20)17-7-10-19/h1,3-4,11H,2,5-10,16H2,(H,17,20)(H,18,21). The smallest absolute Gasteiger partial charge is 0.224 e. The van der Waals surface area contributed by atoms with Gasteiger partial charge in [-0.05, 0) is 31.2 Å². The topological polar surface area (TPSA) is 87.5 Å². The molecule has 1 fully saturated rings. The number of carbonyl (C=O) groups excluding carboxylic acids is 2. The van der Waals surface area contributed by atoms with Gasteiger partial charge in [0.1, 0.15) is 0 Å². The summed E-state index contributed by atoms with van der Waals surface area (Å²) >= 11 is 0. The highest BCUT2D eigenvalue weighted by Crippen LogP contribution is 2.12. The minimum atomic E-state index is -0.00961. The van der Waals surface area contributed by atoms with Gasteiger partial charge in [-0.2, -0.15) is 0 Å². The molecule has 114 valence electrons. The summed E-state index contributed by atoms with van der Waals surface area (Å²) in [5.41, 5.74) is 7.03. The number of hydrogen-bond acceptors (Lipinski definition) is 4. The zero-order chi connectivity index (χ0) is 15.1. The van der Waals surface area contributed by atoms with Crippen molar-refractivity contribution < 1.29 is 9.59 Å². The second-order valence-electron chi connectivity index (χ2n) is 5.22. The predicted octanol–water partition coefficient (Wildman–Crippen LogP) is 0.809. The lowest BCUT2D eigenvalue weighted by Gasteiger charge is -2.18.